The Morgan fingerprint density at radius 1 is 1.42 bits per heavy atom. The van der Waals surface area contributed by atoms with Gasteiger partial charge in [-0.1, -0.05) is 6.07 Å². The van der Waals surface area contributed by atoms with E-state index in [1.54, 1.807) is 11.8 Å². The van der Waals surface area contributed by atoms with Gasteiger partial charge in [0.1, 0.15) is 11.5 Å². The second kappa shape index (κ2) is 7.61. The number of ether oxygens (including phenoxy) is 2. The van der Waals surface area contributed by atoms with Crippen molar-refractivity contribution in [1.29, 1.82) is 0 Å². The molecule has 0 saturated carbocycles. The summed E-state index contributed by atoms with van der Waals surface area (Å²) in [5.41, 5.74) is 5.61. The van der Waals surface area contributed by atoms with Crippen LogP contribution in [0.25, 0.3) is 0 Å². The van der Waals surface area contributed by atoms with Gasteiger partial charge in [0.2, 0.25) is 5.88 Å². The number of anilines is 1. The number of nitrogens with zero attached hydrogens (tertiary/aromatic N) is 3. The van der Waals surface area contributed by atoms with Crippen LogP contribution in [0.15, 0.2) is 21.5 Å². The Balaban J connectivity index is 1.50. The lowest BCUT2D eigenvalue weighted by atomic mass is 9.94. The van der Waals surface area contributed by atoms with Crippen LogP contribution in [0.4, 0.5) is 10.5 Å². The molecular weight excluding hydrogens is 418 g/mol. The number of carbonyl (C=O) groups excluding carboxylic acids is 1. The van der Waals surface area contributed by atoms with Crippen molar-refractivity contribution in [3.63, 3.8) is 0 Å². The Bertz CT molecular complexity index is 1180. The Morgan fingerprint density at radius 2 is 2.26 bits per heavy atom. The minimum absolute atomic E-state index is 0.0139. The highest BCUT2D eigenvalue weighted by molar-refractivity contribution is 7.91. The summed E-state index contributed by atoms with van der Waals surface area (Å²) in [6, 6.07) is 1.57. The van der Waals surface area contributed by atoms with Gasteiger partial charge in [-0.05, 0) is 61.3 Å². The molecule has 9 nitrogen and oxygen atoms in total. The monoisotopic (exact) mass is 445 g/mol. The van der Waals surface area contributed by atoms with E-state index < -0.39 is 15.9 Å². The number of aryl methyl sites for hydroxylation is 2. The Hall–Kier alpha value is -2.43. The fraction of sp³-hybridized carbons (Fsp3) is 0.524. The second-order valence-electron chi connectivity index (χ2n) is 8.52. The molecule has 0 radical (unpaired) electrons. The number of benzene rings is 1. The summed E-state index contributed by atoms with van der Waals surface area (Å²) >= 11 is 0. The van der Waals surface area contributed by atoms with Gasteiger partial charge in [-0.3, -0.25) is 0 Å². The molecule has 2 amide bonds. The van der Waals surface area contributed by atoms with Crippen molar-refractivity contribution in [2.24, 2.45) is 9.50 Å². The molecule has 3 N–H and O–H groups in total. The summed E-state index contributed by atoms with van der Waals surface area (Å²) in [4.78, 5) is 13.1. The molecule has 1 aromatic heterocycles. The van der Waals surface area contributed by atoms with E-state index in [0.717, 1.165) is 48.9 Å². The van der Waals surface area contributed by atoms with E-state index in [2.05, 4.69) is 20.8 Å². The van der Waals surface area contributed by atoms with E-state index in [-0.39, 0.29) is 16.9 Å². The number of urea groups is 1. The minimum Gasteiger partial charge on any atom is -0.475 e. The van der Waals surface area contributed by atoms with Crippen molar-refractivity contribution >= 4 is 21.6 Å². The SMILES string of the molecule is COC[C@H]1CCc2cc3c(c(NC(=O)N=[S@](N)(=O)c4cnn5c4OC[C@@H]5C)c21)CCC3. The summed E-state index contributed by atoms with van der Waals surface area (Å²) in [6.45, 7) is 2.95. The van der Waals surface area contributed by atoms with Crippen LogP contribution in [-0.2, 0) is 33.9 Å². The third-order valence-electron chi connectivity index (χ3n) is 6.43. The highest BCUT2D eigenvalue weighted by Crippen LogP contribution is 2.44. The Labute approximate surface area is 181 Å². The number of hydrogen-bond acceptors (Lipinski definition) is 5. The van der Waals surface area contributed by atoms with E-state index in [0.29, 0.717) is 19.1 Å². The first-order valence-electron chi connectivity index (χ1n) is 10.6. The van der Waals surface area contributed by atoms with Crippen molar-refractivity contribution in [2.45, 2.75) is 55.9 Å². The van der Waals surface area contributed by atoms with Gasteiger partial charge in [0.25, 0.3) is 0 Å². The number of methoxy groups -OCH3 is 1. The summed E-state index contributed by atoms with van der Waals surface area (Å²) in [5, 5.41) is 13.1. The average molecular weight is 446 g/mol. The van der Waals surface area contributed by atoms with Crippen LogP contribution in [0.2, 0.25) is 0 Å². The zero-order chi connectivity index (χ0) is 21.8. The van der Waals surface area contributed by atoms with Gasteiger partial charge in [-0.2, -0.15) is 5.10 Å². The van der Waals surface area contributed by atoms with Crippen molar-refractivity contribution in [2.75, 3.05) is 25.6 Å². The molecular formula is C21H27N5O4S. The van der Waals surface area contributed by atoms with Crippen molar-refractivity contribution in [1.82, 2.24) is 9.78 Å². The van der Waals surface area contributed by atoms with E-state index in [1.165, 1.54) is 17.3 Å². The average Bonchev–Trinajstić information content (AvgIpc) is 3.47. The number of nitrogens with one attached hydrogen (secondary N) is 1. The first-order valence-corrected chi connectivity index (χ1v) is 12.2. The largest absolute Gasteiger partial charge is 0.475 e. The Kier molecular flexibility index (Phi) is 5.03. The molecule has 0 fully saturated rings. The number of rotatable bonds is 4. The van der Waals surface area contributed by atoms with E-state index in [1.807, 2.05) is 6.92 Å². The van der Waals surface area contributed by atoms with Crippen molar-refractivity contribution in [3.8, 4) is 5.88 Å². The van der Waals surface area contributed by atoms with Gasteiger partial charge in [0, 0.05) is 18.7 Å². The van der Waals surface area contributed by atoms with Crippen LogP contribution in [0, 0.1) is 0 Å². The normalized spacial score (nSPS) is 22.9. The summed E-state index contributed by atoms with van der Waals surface area (Å²) in [5.74, 6) is 0.537. The maximum absolute atomic E-state index is 13.1. The highest BCUT2D eigenvalue weighted by atomic mass is 32.2. The second-order valence-corrected chi connectivity index (χ2v) is 10.3. The third kappa shape index (κ3) is 3.42. The molecule has 5 rings (SSSR count). The molecule has 31 heavy (non-hydrogen) atoms. The molecule has 2 aromatic rings. The van der Waals surface area contributed by atoms with Crippen LogP contribution in [-0.4, -0.2) is 40.3 Å². The molecule has 1 aromatic carbocycles. The van der Waals surface area contributed by atoms with Gasteiger partial charge in [0.15, 0.2) is 9.92 Å². The standard InChI is InChI=1S/C21H27N5O4S/c1-12-10-30-20-17(9-23-26(12)20)31(22,28)25-21(27)24-19-16-5-3-4-13(16)8-14-6-7-15(11-29-2)18(14)19/h8-9,12,15H,3-7,10-11H2,1-2H3,(H3,22,24,25,27,28)/t12-,15+,31-/m0/s1. The van der Waals surface area contributed by atoms with Crippen LogP contribution in [0.5, 0.6) is 5.88 Å². The predicted octanol–water partition coefficient (Wildman–Crippen LogP) is 2.93. The van der Waals surface area contributed by atoms with Crippen molar-refractivity contribution in [3.05, 3.63) is 34.5 Å². The highest BCUT2D eigenvalue weighted by Gasteiger charge is 2.32. The van der Waals surface area contributed by atoms with E-state index in [4.69, 9.17) is 14.6 Å². The Morgan fingerprint density at radius 3 is 3.06 bits per heavy atom. The number of amides is 2. The quantitative estimate of drug-likeness (QED) is 0.749. The van der Waals surface area contributed by atoms with Crippen LogP contribution in [0.3, 0.4) is 0 Å². The molecule has 0 saturated heterocycles. The predicted molar refractivity (Wildman–Crippen MR) is 116 cm³/mol. The number of hydrogen-bond donors (Lipinski definition) is 2. The third-order valence-corrected chi connectivity index (χ3v) is 7.77. The molecule has 1 aliphatic heterocycles. The fourth-order valence-electron chi connectivity index (χ4n) is 5.04. The molecule has 2 aliphatic carbocycles. The van der Waals surface area contributed by atoms with Crippen LogP contribution in [0.1, 0.15) is 54.0 Å². The minimum atomic E-state index is -3.51. The summed E-state index contributed by atoms with van der Waals surface area (Å²) < 4.78 is 29.6. The topological polar surface area (TPSA) is 121 Å². The smallest absolute Gasteiger partial charge is 0.354 e. The number of fused-ring (bicyclic) bond motifs is 3. The van der Waals surface area contributed by atoms with Gasteiger partial charge in [-0.15, -0.1) is 4.36 Å². The van der Waals surface area contributed by atoms with Gasteiger partial charge >= 0.3 is 6.03 Å². The maximum Gasteiger partial charge on any atom is 0.354 e. The van der Waals surface area contributed by atoms with Gasteiger partial charge in [0.05, 0.1) is 18.8 Å². The molecule has 0 spiro atoms. The summed E-state index contributed by atoms with van der Waals surface area (Å²) in [7, 11) is -1.82. The lowest BCUT2D eigenvalue weighted by Gasteiger charge is -2.19. The zero-order valence-electron chi connectivity index (χ0n) is 17.7. The lowest BCUT2D eigenvalue weighted by Crippen LogP contribution is -2.19. The first-order chi connectivity index (χ1) is 14.9. The lowest BCUT2D eigenvalue weighted by molar-refractivity contribution is 0.179. The molecule has 166 valence electrons. The zero-order valence-corrected chi connectivity index (χ0v) is 18.5. The molecule has 0 unspecified atom stereocenters. The molecule has 0 bridgehead atoms. The van der Waals surface area contributed by atoms with Gasteiger partial charge < -0.3 is 14.8 Å². The number of carbonyl (C=O) groups is 1. The van der Waals surface area contributed by atoms with Crippen LogP contribution >= 0.6 is 0 Å². The number of nitrogens with two attached hydrogens (primary N) is 1. The molecule has 10 heteroatoms. The van der Waals surface area contributed by atoms with Crippen molar-refractivity contribution < 1.29 is 18.5 Å². The number of aromatic nitrogens is 2. The maximum atomic E-state index is 13.1. The molecule has 3 aliphatic rings. The molecule has 2 heterocycles. The van der Waals surface area contributed by atoms with Gasteiger partial charge in [-0.25, -0.2) is 18.8 Å². The summed E-state index contributed by atoms with van der Waals surface area (Å²) in [6.07, 6.45) is 6.28. The fourth-order valence-corrected chi connectivity index (χ4v) is 6.03. The van der Waals surface area contributed by atoms with E-state index >= 15 is 0 Å². The van der Waals surface area contributed by atoms with E-state index in [9.17, 15) is 9.00 Å². The molecule has 3 atom stereocenters. The van der Waals surface area contributed by atoms with Crippen LogP contribution < -0.4 is 15.2 Å². The first kappa shape index (κ1) is 20.5.